The Bertz CT molecular complexity index is 2900. The zero-order valence-electron chi connectivity index (χ0n) is 67.8. The molecule has 0 saturated heterocycles. The van der Waals surface area contributed by atoms with E-state index in [0.29, 0.717) is 32.1 Å². The van der Waals surface area contributed by atoms with Crippen LogP contribution >= 0.6 is 15.6 Å². The quantitative estimate of drug-likeness (QED) is 0.0169. The second-order valence-electron chi connectivity index (χ2n) is 26.6. The van der Waals surface area contributed by atoms with Crippen molar-refractivity contribution in [1.82, 2.24) is 0 Å². The standard InChI is InChI=1S/C91H144O17P2/c1-5-9-13-17-21-25-29-33-36-39-42-45-48-52-56-60-64-68-72-76-89(94)102-82-87(108-91(96)78-74-70-66-62-58-54-50-47-44-41-38-35-31-27-23-19-15-11-7-3)84-106-110(99,100)104-80-85(92)79-103-109(97,98)105-83-86(81-101-88(93)75-71-67-63-59-55-51-32-28-24-20-16-12-8-4)107-90(95)77-73-69-65-61-57-53-49-46-43-40-37-34-30-26-22-18-14-10-6-2/h9-11,13-15,21-23,25-28,32-38,42-47,52-54,56-58,64,68,85-87,92H,5-8,12,16-20,24,29-31,39-41,48-51,55,59-63,65-67,69-84H2,1-4H3,(H,97,98)(H,99,100)/b13-9-,14-10-,15-11-,25-21-,26-22-,27-23-,32-28-,36-33-,37-34-,38-35-,45-42-,46-43-,47-44-,56-52-,57-53-,58-54-,68-64-/t85-,86+,87+/m0/s1. The van der Waals surface area contributed by atoms with Crippen molar-refractivity contribution in [3.05, 3.63) is 207 Å². The van der Waals surface area contributed by atoms with Crippen LogP contribution in [-0.2, 0) is 65.4 Å². The van der Waals surface area contributed by atoms with Crippen molar-refractivity contribution in [2.24, 2.45) is 0 Å². The van der Waals surface area contributed by atoms with Gasteiger partial charge in [-0.05, 0) is 180 Å². The number of phosphoric ester groups is 2. The van der Waals surface area contributed by atoms with Gasteiger partial charge in [-0.2, -0.15) is 0 Å². The lowest BCUT2D eigenvalue weighted by Crippen LogP contribution is -2.30. The minimum absolute atomic E-state index is 0.0189. The average Bonchev–Trinajstić information content (AvgIpc) is 0.906. The van der Waals surface area contributed by atoms with E-state index in [9.17, 15) is 43.2 Å². The van der Waals surface area contributed by atoms with Gasteiger partial charge in [-0.3, -0.25) is 37.3 Å². The van der Waals surface area contributed by atoms with Crippen molar-refractivity contribution in [3.63, 3.8) is 0 Å². The molecule has 0 aromatic heterocycles. The minimum atomic E-state index is -5.02. The van der Waals surface area contributed by atoms with E-state index >= 15 is 0 Å². The van der Waals surface area contributed by atoms with E-state index in [1.807, 2.05) is 18.2 Å². The molecule has 0 saturated carbocycles. The van der Waals surface area contributed by atoms with Gasteiger partial charge in [0.2, 0.25) is 0 Å². The molecule has 0 aromatic rings. The summed E-state index contributed by atoms with van der Waals surface area (Å²) in [7, 11) is -10.0. The van der Waals surface area contributed by atoms with Crippen LogP contribution in [0.1, 0.15) is 285 Å². The maximum Gasteiger partial charge on any atom is 0.472 e. The first-order valence-electron chi connectivity index (χ1n) is 41.3. The summed E-state index contributed by atoms with van der Waals surface area (Å²) in [5.74, 6) is -2.38. The van der Waals surface area contributed by atoms with E-state index in [1.165, 1.54) is 25.7 Å². The molecule has 2 unspecified atom stereocenters. The molecule has 0 aliphatic heterocycles. The molecule has 5 atom stereocenters. The Balaban J connectivity index is 5.54. The summed E-state index contributed by atoms with van der Waals surface area (Å²) in [6.07, 6.45) is 101. The predicted molar refractivity (Wildman–Crippen MR) is 454 cm³/mol. The summed E-state index contributed by atoms with van der Waals surface area (Å²) >= 11 is 0. The molecule has 0 radical (unpaired) electrons. The molecular formula is C91H144O17P2. The van der Waals surface area contributed by atoms with E-state index < -0.39 is 97.5 Å². The highest BCUT2D eigenvalue weighted by molar-refractivity contribution is 7.47. The Hall–Kier alpha value is -6.36. The number of hydrogen-bond acceptors (Lipinski definition) is 15. The van der Waals surface area contributed by atoms with Crippen LogP contribution in [0.5, 0.6) is 0 Å². The number of aliphatic hydroxyl groups is 1. The third-order valence-electron chi connectivity index (χ3n) is 16.2. The number of phosphoric acid groups is 2. The molecule has 0 spiro atoms. The van der Waals surface area contributed by atoms with Crippen molar-refractivity contribution < 1.29 is 80.2 Å². The van der Waals surface area contributed by atoms with Gasteiger partial charge < -0.3 is 33.8 Å². The number of carbonyl (C=O) groups excluding carboxylic acids is 4. The van der Waals surface area contributed by atoms with Gasteiger partial charge in [-0.15, -0.1) is 0 Å². The number of carbonyl (C=O) groups is 4. The molecule has 0 aromatic carbocycles. The molecule has 0 rings (SSSR count). The number of rotatable bonds is 75. The summed E-state index contributed by atoms with van der Waals surface area (Å²) in [5.41, 5.74) is 0. The van der Waals surface area contributed by atoms with Gasteiger partial charge in [0.15, 0.2) is 12.2 Å². The molecule has 0 aliphatic rings. The van der Waals surface area contributed by atoms with Gasteiger partial charge >= 0.3 is 39.5 Å². The molecule has 0 heterocycles. The van der Waals surface area contributed by atoms with Crippen LogP contribution in [0.4, 0.5) is 0 Å². The lowest BCUT2D eigenvalue weighted by molar-refractivity contribution is -0.161. The average molecular weight is 1570 g/mol. The monoisotopic (exact) mass is 1570 g/mol. The van der Waals surface area contributed by atoms with Crippen molar-refractivity contribution in [1.29, 1.82) is 0 Å². The summed E-state index contributed by atoms with van der Waals surface area (Å²) in [4.78, 5) is 73.1. The fraction of sp³-hybridized carbons (Fsp3) is 0.582. The number of hydrogen-bond donors (Lipinski definition) is 3. The molecule has 110 heavy (non-hydrogen) atoms. The number of aliphatic hydroxyl groups excluding tert-OH is 1. The second kappa shape index (κ2) is 80.7. The highest BCUT2D eigenvalue weighted by Crippen LogP contribution is 2.45. The molecule has 3 N–H and O–H groups in total. The SMILES string of the molecule is CC/C=C\C/C=C\C/C=C\C/C=C\C/C=C\C/C=C\CCC(=O)OC[C@H](COP(=O)(O)OC[C@@H](O)COP(=O)(O)OC[C@@H](COC(=O)CCCCCCC/C=C\CCCCCC)OC(=O)CCCCC/C=C\C/C=C\C/C=C\C/C=C\C/C=C\CC)OC(=O)CCCCC/C=C\C/C=C\C/C=C\C/C=C\C/C=C\CC. The van der Waals surface area contributed by atoms with Gasteiger partial charge in [-0.25, -0.2) is 9.13 Å². The summed E-state index contributed by atoms with van der Waals surface area (Å²) in [5, 5.41) is 10.7. The van der Waals surface area contributed by atoms with Crippen molar-refractivity contribution >= 4 is 39.5 Å². The lowest BCUT2D eigenvalue weighted by atomic mass is 10.1. The highest BCUT2D eigenvalue weighted by atomic mass is 31.2. The van der Waals surface area contributed by atoms with Gasteiger partial charge in [0, 0.05) is 25.7 Å². The molecule has 620 valence electrons. The minimum Gasteiger partial charge on any atom is -0.462 e. The van der Waals surface area contributed by atoms with Crippen molar-refractivity contribution in [2.45, 2.75) is 303 Å². The van der Waals surface area contributed by atoms with E-state index in [0.717, 1.165) is 173 Å². The first-order valence-corrected chi connectivity index (χ1v) is 44.3. The zero-order valence-corrected chi connectivity index (χ0v) is 69.6. The number of allylic oxidation sites excluding steroid dienone is 34. The Kier molecular flexibility index (Phi) is 76.0. The summed E-state index contributed by atoms with van der Waals surface area (Å²) < 4.78 is 68.6. The fourth-order valence-electron chi connectivity index (χ4n) is 10.1. The lowest BCUT2D eigenvalue weighted by Gasteiger charge is -2.21. The molecule has 0 amide bonds. The molecule has 0 fully saturated rings. The van der Waals surface area contributed by atoms with Crippen LogP contribution < -0.4 is 0 Å². The molecule has 19 heteroatoms. The predicted octanol–water partition coefficient (Wildman–Crippen LogP) is 24.7. The van der Waals surface area contributed by atoms with Crippen LogP contribution in [0.3, 0.4) is 0 Å². The smallest absolute Gasteiger partial charge is 0.462 e. The Morgan fingerprint density at radius 2 is 0.491 bits per heavy atom. The van der Waals surface area contributed by atoms with Gasteiger partial charge in [0.05, 0.1) is 26.4 Å². The van der Waals surface area contributed by atoms with Crippen LogP contribution in [0.2, 0.25) is 0 Å². The largest absolute Gasteiger partial charge is 0.472 e. The maximum atomic E-state index is 13.1. The molecular weight excluding hydrogens is 1430 g/mol. The van der Waals surface area contributed by atoms with Crippen molar-refractivity contribution in [2.75, 3.05) is 39.6 Å². The van der Waals surface area contributed by atoms with Crippen LogP contribution in [-0.4, -0.2) is 96.7 Å². The third-order valence-corrected chi connectivity index (χ3v) is 18.1. The first-order chi connectivity index (χ1) is 53.7. The molecule has 17 nitrogen and oxygen atoms in total. The second-order valence-corrected chi connectivity index (χ2v) is 29.5. The maximum absolute atomic E-state index is 13.1. The van der Waals surface area contributed by atoms with Crippen LogP contribution in [0.25, 0.3) is 0 Å². The fourth-order valence-corrected chi connectivity index (χ4v) is 11.6. The van der Waals surface area contributed by atoms with E-state index in [2.05, 4.69) is 216 Å². The summed E-state index contributed by atoms with van der Waals surface area (Å²) in [6, 6.07) is 0. The van der Waals surface area contributed by atoms with Crippen molar-refractivity contribution in [3.8, 4) is 0 Å². The Labute approximate surface area is 665 Å². The van der Waals surface area contributed by atoms with Gasteiger partial charge in [0.1, 0.15) is 19.3 Å². The molecule has 0 bridgehead atoms. The normalized spacial score (nSPS) is 14.9. The van der Waals surface area contributed by atoms with Crippen LogP contribution in [0, 0.1) is 0 Å². The van der Waals surface area contributed by atoms with Gasteiger partial charge in [0.25, 0.3) is 0 Å². The molecule has 0 aliphatic carbocycles. The Morgan fingerprint density at radius 1 is 0.264 bits per heavy atom. The van der Waals surface area contributed by atoms with E-state index in [1.54, 1.807) is 0 Å². The first kappa shape index (κ1) is 104. The number of unbranched alkanes of at least 4 members (excludes halogenated alkanes) is 15. The number of ether oxygens (including phenoxy) is 4. The highest BCUT2D eigenvalue weighted by Gasteiger charge is 2.30. The summed E-state index contributed by atoms with van der Waals surface area (Å²) in [6.45, 7) is 4.32. The van der Waals surface area contributed by atoms with E-state index in [-0.39, 0.29) is 25.7 Å². The third kappa shape index (κ3) is 79.7. The van der Waals surface area contributed by atoms with Gasteiger partial charge in [-0.1, -0.05) is 286 Å². The number of esters is 4. The van der Waals surface area contributed by atoms with E-state index in [4.69, 9.17) is 37.0 Å². The topological polar surface area (TPSA) is 237 Å². The van der Waals surface area contributed by atoms with Crippen LogP contribution in [0.15, 0.2) is 207 Å². The zero-order chi connectivity index (χ0) is 80.3. The Morgan fingerprint density at radius 3 is 0.800 bits per heavy atom.